The minimum Gasteiger partial charge on any atom is -0.744 e. The zero-order valence-corrected chi connectivity index (χ0v) is 22.8. The second-order valence-corrected chi connectivity index (χ2v) is 11.1. The zero-order valence-electron chi connectivity index (χ0n) is 20.3. The van der Waals surface area contributed by atoms with Gasteiger partial charge in [-0.1, -0.05) is 18.2 Å². The van der Waals surface area contributed by atoms with E-state index in [1.807, 2.05) is 0 Å². The third-order valence-electron chi connectivity index (χ3n) is 5.98. The van der Waals surface area contributed by atoms with E-state index in [1.165, 1.54) is 30.1 Å². The Labute approximate surface area is 234 Å². The fourth-order valence-electron chi connectivity index (χ4n) is 4.27. The van der Waals surface area contributed by atoms with Crippen molar-refractivity contribution in [2.75, 3.05) is 20.2 Å². The maximum atomic E-state index is 12.6. The highest BCUT2D eigenvalue weighted by atomic mass is 32.2. The van der Waals surface area contributed by atoms with Crippen LogP contribution < -0.4 is 15.3 Å². The molecule has 0 bridgehead atoms. The minimum absolute atomic E-state index is 0.0684. The first-order valence-corrected chi connectivity index (χ1v) is 14.0. The molecule has 1 N–H and O–H groups in total. The van der Waals surface area contributed by atoms with E-state index in [1.54, 1.807) is 12.1 Å². The molecule has 4 aromatic rings. The molecule has 0 unspecified atom stereocenters. The fourth-order valence-corrected chi connectivity index (χ4v) is 6.09. The van der Waals surface area contributed by atoms with Crippen molar-refractivity contribution < 1.29 is 61.7 Å². The highest BCUT2D eigenvalue weighted by Crippen LogP contribution is 2.47. The number of carboxylic acids is 1. The Hall–Kier alpha value is -2.97. The van der Waals surface area contributed by atoms with Crippen LogP contribution in [0.4, 0.5) is 0 Å². The van der Waals surface area contributed by atoms with Gasteiger partial charge in [0.05, 0.1) is 33.9 Å². The van der Waals surface area contributed by atoms with Gasteiger partial charge in [-0.15, -0.1) is 0 Å². The van der Waals surface area contributed by atoms with Crippen LogP contribution in [0.5, 0.6) is 5.75 Å². The van der Waals surface area contributed by atoms with Crippen molar-refractivity contribution >= 4 is 78.4 Å². The normalized spacial score (nSPS) is 12.0. The smallest absolute Gasteiger partial charge is 0.303 e. The van der Waals surface area contributed by atoms with Crippen molar-refractivity contribution in [1.29, 1.82) is 0 Å². The summed E-state index contributed by atoms with van der Waals surface area (Å²) in [7, 11) is -3.50. The Bertz CT molecular complexity index is 1660. The number of ether oxygens (including phenoxy) is 1. The molecule has 0 saturated heterocycles. The number of amides is 1. The topological polar surface area (TPSA) is 207 Å². The van der Waals surface area contributed by atoms with Crippen LogP contribution in [0, 0.1) is 0 Å². The van der Waals surface area contributed by atoms with Crippen LogP contribution in [0.1, 0.15) is 12.8 Å². The van der Waals surface area contributed by atoms with Gasteiger partial charge in [0.2, 0.25) is 0 Å². The summed E-state index contributed by atoms with van der Waals surface area (Å²) in [5.41, 5.74) is 0. The van der Waals surface area contributed by atoms with Crippen LogP contribution in [0.15, 0.2) is 51.1 Å². The number of carbonyl (C=O) groups excluding carboxylic acids is 1. The van der Waals surface area contributed by atoms with Gasteiger partial charge >= 0.3 is 5.97 Å². The van der Waals surface area contributed by atoms with E-state index in [0.29, 0.717) is 50.5 Å². The average Bonchev–Trinajstić information content (AvgIpc) is 2.91. The number of carbonyl (C=O) groups is 2. The Balaban J connectivity index is 1.87. The molecule has 0 aliphatic heterocycles. The van der Waals surface area contributed by atoms with E-state index in [4.69, 9.17) is 9.84 Å². The lowest BCUT2D eigenvalue weighted by Crippen LogP contribution is -2.32. The van der Waals surface area contributed by atoms with Gasteiger partial charge in [0.15, 0.2) is 6.61 Å². The van der Waals surface area contributed by atoms with Crippen LogP contribution in [-0.4, -0.2) is 55.1 Å². The van der Waals surface area contributed by atoms with E-state index in [0.717, 1.165) is 6.07 Å². The Morgan fingerprint density at radius 1 is 0.925 bits per heavy atom. The number of hydrogen-bond acceptors (Lipinski definition) is 14. The molecule has 0 aliphatic carbocycles. The molecule has 0 radical (unpaired) electrons. The van der Waals surface area contributed by atoms with Crippen LogP contribution in [0.25, 0.3) is 32.3 Å². The van der Waals surface area contributed by atoms with Gasteiger partial charge in [-0.05, 0) is 40.8 Å². The summed E-state index contributed by atoms with van der Waals surface area (Å²) in [4.78, 5) is 24.5. The molecule has 0 heterocycles. The van der Waals surface area contributed by atoms with Gasteiger partial charge in [0.1, 0.15) is 15.9 Å². The zero-order chi connectivity index (χ0) is 29.0. The predicted octanol–water partition coefficient (Wildman–Crippen LogP) is 1.65. The Morgan fingerprint density at radius 2 is 1.48 bits per heavy atom. The second-order valence-electron chi connectivity index (χ2n) is 8.31. The number of carboxylic acid groups (broad SMARTS) is 1. The van der Waals surface area contributed by atoms with Crippen molar-refractivity contribution in [3.63, 3.8) is 0 Å². The molecule has 0 spiro atoms. The summed E-state index contributed by atoms with van der Waals surface area (Å²) in [6.07, 6.45) is 0.138. The molecule has 17 heteroatoms. The molecule has 4 rings (SSSR count). The van der Waals surface area contributed by atoms with E-state index in [9.17, 15) is 33.1 Å². The van der Waals surface area contributed by atoms with Crippen molar-refractivity contribution in [3.05, 3.63) is 36.4 Å². The van der Waals surface area contributed by atoms with Gasteiger partial charge in [0, 0.05) is 41.1 Å². The van der Waals surface area contributed by atoms with Gasteiger partial charge in [-0.25, -0.2) is 8.42 Å². The SMILES string of the molecule is CN(CCCC(=O)O)C(=O)COc1cc(SOO[O-])c2ccc3c(SOO[O-])cc(S(=O)(=O)[O-])c4ccc1c2c34. The Morgan fingerprint density at radius 3 is 2.05 bits per heavy atom. The van der Waals surface area contributed by atoms with Crippen LogP contribution in [0.2, 0.25) is 0 Å². The number of hydrogen-bond donors (Lipinski definition) is 1. The molecular formula is C23H18NO13S3-3. The van der Waals surface area contributed by atoms with Crippen LogP contribution in [0.3, 0.4) is 0 Å². The molecular weight excluding hydrogens is 594 g/mol. The van der Waals surface area contributed by atoms with Crippen molar-refractivity contribution in [2.24, 2.45) is 0 Å². The van der Waals surface area contributed by atoms with Crippen molar-refractivity contribution in [1.82, 2.24) is 4.90 Å². The largest absolute Gasteiger partial charge is 0.744 e. The Kier molecular flexibility index (Phi) is 9.52. The lowest BCUT2D eigenvalue weighted by Gasteiger charge is -2.21. The third kappa shape index (κ3) is 6.33. The standard InChI is InChI=1S/C23H21NO13S3/c1-24(8-2-3-21(26)27)20(25)11-33-16-9-17(38-36-34-28)13-5-6-14-18(39-37-35-29)10-19(40(30,31)32)15-7-4-12(16)22(13)23(14)15/h4-7,9-10,28-29H,2-3,8,11H2,1H3,(H,26,27)(H,30,31,32)/p-3. The molecule has 14 nitrogen and oxygen atoms in total. The number of benzene rings is 4. The number of likely N-dealkylation sites (N-methyl/N-ethyl adjacent to an activating group) is 1. The number of aliphatic carboxylic acids is 1. The van der Waals surface area contributed by atoms with E-state index < -0.39 is 33.5 Å². The summed E-state index contributed by atoms with van der Waals surface area (Å²) in [5, 5.41) is 38.7. The minimum atomic E-state index is -5.00. The first kappa shape index (κ1) is 30.0. The fraction of sp³-hybridized carbons (Fsp3) is 0.217. The number of nitrogens with zero attached hydrogens (tertiary/aromatic N) is 1. The van der Waals surface area contributed by atoms with E-state index in [2.05, 4.69) is 18.7 Å². The first-order chi connectivity index (χ1) is 19.1. The highest BCUT2D eigenvalue weighted by Gasteiger charge is 2.22. The maximum Gasteiger partial charge on any atom is 0.303 e. The average molecular weight is 613 g/mol. The molecule has 0 fully saturated rings. The summed E-state index contributed by atoms with van der Waals surface area (Å²) < 4.78 is 51.2. The van der Waals surface area contributed by atoms with Crippen molar-refractivity contribution in [2.45, 2.75) is 27.5 Å². The molecule has 0 saturated carbocycles. The third-order valence-corrected chi connectivity index (χ3v) is 8.14. The van der Waals surface area contributed by atoms with Gasteiger partial charge in [-0.2, -0.15) is 8.67 Å². The molecule has 0 aromatic heterocycles. The van der Waals surface area contributed by atoms with E-state index in [-0.39, 0.29) is 40.8 Å². The highest BCUT2D eigenvalue weighted by molar-refractivity contribution is 7.95. The number of rotatable bonds is 14. The summed E-state index contributed by atoms with van der Waals surface area (Å²) in [5.74, 6) is -1.28. The quantitative estimate of drug-likeness (QED) is 0.0706. The molecule has 214 valence electrons. The molecule has 1 amide bonds. The van der Waals surface area contributed by atoms with Gasteiger partial charge in [0.25, 0.3) is 5.91 Å². The second kappa shape index (κ2) is 12.7. The van der Waals surface area contributed by atoms with Crippen LogP contribution in [-0.2, 0) is 38.5 Å². The summed E-state index contributed by atoms with van der Waals surface area (Å²) in [6.45, 7) is -0.253. The lowest BCUT2D eigenvalue weighted by atomic mass is 9.93. The molecule has 0 atom stereocenters. The summed E-state index contributed by atoms with van der Waals surface area (Å²) in [6, 6.07) is 8.68. The lowest BCUT2D eigenvalue weighted by molar-refractivity contribution is -0.777. The molecule has 4 aromatic carbocycles. The maximum absolute atomic E-state index is 12.6. The van der Waals surface area contributed by atoms with E-state index >= 15 is 0 Å². The predicted molar refractivity (Wildman–Crippen MR) is 134 cm³/mol. The van der Waals surface area contributed by atoms with Gasteiger partial charge in [-0.3, -0.25) is 19.7 Å². The summed E-state index contributed by atoms with van der Waals surface area (Å²) >= 11 is 0.936. The first-order valence-electron chi connectivity index (χ1n) is 11.2. The van der Waals surface area contributed by atoms with Gasteiger partial charge < -0.3 is 29.8 Å². The van der Waals surface area contributed by atoms with Crippen LogP contribution >= 0.6 is 24.1 Å². The van der Waals surface area contributed by atoms with Crippen molar-refractivity contribution in [3.8, 4) is 5.75 Å². The molecule has 0 aliphatic rings. The molecule has 40 heavy (non-hydrogen) atoms. The monoisotopic (exact) mass is 612 g/mol.